The summed E-state index contributed by atoms with van der Waals surface area (Å²) in [7, 11) is 1.26. The number of rotatable bonds is 9. The highest BCUT2D eigenvalue weighted by Crippen LogP contribution is 2.28. The molecule has 2 atom stereocenters. The van der Waals surface area contributed by atoms with Gasteiger partial charge in [-0.05, 0) is 32.5 Å². The summed E-state index contributed by atoms with van der Waals surface area (Å²) in [6, 6.07) is 4.45. The second-order valence-corrected chi connectivity index (χ2v) is 8.47. The molecule has 0 aliphatic carbocycles. The van der Waals surface area contributed by atoms with Crippen LogP contribution in [0.5, 0.6) is 0 Å². The Morgan fingerprint density at radius 3 is 2.74 bits per heavy atom. The highest BCUT2D eigenvalue weighted by molar-refractivity contribution is 6.32. The summed E-state index contributed by atoms with van der Waals surface area (Å²) in [4.78, 5) is 23.8. The van der Waals surface area contributed by atoms with E-state index < -0.39 is 37.4 Å². The molecule has 0 fully saturated rings. The van der Waals surface area contributed by atoms with Crippen LogP contribution >= 0.6 is 11.6 Å². The zero-order valence-electron chi connectivity index (χ0n) is 19.6. The van der Waals surface area contributed by atoms with Gasteiger partial charge in [-0.2, -0.15) is 13.2 Å². The van der Waals surface area contributed by atoms with Crippen molar-refractivity contribution in [3.63, 3.8) is 0 Å². The molecule has 3 rings (SSSR count). The van der Waals surface area contributed by atoms with Gasteiger partial charge in [0.25, 0.3) is 0 Å². The number of likely N-dealkylation sites (N-methyl/N-ethyl adjacent to an activating group) is 1. The van der Waals surface area contributed by atoms with Crippen LogP contribution in [0.4, 0.5) is 18.0 Å². The van der Waals surface area contributed by atoms with Crippen LogP contribution in [0.25, 0.3) is 16.9 Å². The number of fused-ring (bicyclic) bond motifs is 1. The van der Waals surface area contributed by atoms with Gasteiger partial charge in [0.05, 0.1) is 18.3 Å². The number of aromatic nitrogens is 3. The highest BCUT2D eigenvalue weighted by Gasteiger charge is 2.42. The number of hydrogen-bond acceptors (Lipinski definition) is 5. The van der Waals surface area contributed by atoms with Crippen molar-refractivity contribution in [2.24, 2.45) is 0 Å². The van der Waals surface area contributed by atoms with Crippen molar-refractivity contribution in [1.29, 1.82) is 0 Å². The molecule has 0 saturated heterocycles. The number of halogens is 4. The van der Waals surface area contributed by atoms with E-state index in [1.807, 2.05) is 24.3 Å². The third-order valence-corrected chi connectivity index (χ3v) is 6.13. The van der Waals surface area contributed by atoms with E-state index in [4.69, 9.17) is 16.7 Å². The Hall–Kier alpha value is -2.89. The summed E-state index contributed by atoms with van der Waals surface area (Å²) in [6.07, 6.45) is 0.614. The minimum Gasteiger partial charge on any atom is -0.395 e. The minimum absolute atomic E-state index is 0.163. The molecule has 3 aromatic rings. The zero-order valence-corrected chi connectivity index (χ0v) is 20.4. The Bertz CT molecular complexity index is 1160. The molecule has 0 radical (unpaired) electrons. The van der Waals surface area contributed by atoms with Crippen molar-refractivity contribution in [2.45, 2.75) is 32.1 Å². The first-order chi connectivity index (χ1) is 16.6. The molecule has 0 saturated carbocycles. The second-order valence-electron chi connectivity index (χ2n) is 8.11. The van der Waals surface area contributed by atoms with Crippen LogP contribution in [0.15, 0.2) is 42.9 Å². The number of alkyl halides is 3. The number of nitrogens with zero attached hydrogens (tertiary/aromatic N) is 5. The maximum atomic E-state index is 13.5. The first-order valence-corrected chi connectivity index (χ1v) is 11.5. The highest BCUT2D eigenvalue weighted by atomic mass is 35.5. The molecule has 2 amide bonds. The summed E-state index contributed by atoms with van der Waals surface area (Å²) >= 11 is 6.25. The van der Waals surface area contributed by atoms with E-state index in [9.17, 15) is 18.0 Å². The van der Waals surface area contributed by atoms with Gasteiger partial charge in [0, 0.05) is 43.8 Å². The number of hydrogen-bond donors (Lipinski definition) is 2. The number of carbonyl (C=O) groups excluding carboxylic acids is 1. The maximum Gasteiger partial charge on any atom is 0.405 e. The van der Waals surface area contributed by atoms with E-state index in [2.05, 4.69) is 15.3 Å². The van der Waals surface area contributed by atoms with E-state index in [0.29, 0.717) is 11.3 Å². The smallest absolute Gasteiger partial charge is 0.395 e. The SMILES string of the molecule is CCN(C(=O)NCC(N(C)CCO)C(F)(F)F)C(C)c1cccc(-c2cn3ccnc3c(Cl)n2)c1. The summed E-state index contributed by atoms with van der Waals surface area (Å²) in [6.45, 7) is 2.64. The summed E-state index contributed by atoms with van der Waals surface area (Å²) < 4.78 is 42.1. The van der Waals surface area contributed by atoms with Gasteiger partial charge >= 0.3 is 12.2 Å². The van der Waals surface area contributed by atoms with Crippen LogP contribution in [0.1, 0.15) is 25.5 Å². The molecule has 2 N–H and O–H groups in total. The number of imidazole rings is 1. The summed E-state index contributed by atoms with van der Waals surface area (Å²) in [5.74, 6) is 0. The van der Waals surface area contributed by atoms with Gasteiger partial charge in [0.15, 0.2) is 10.8 Å². The number of urea groups is 1. The number of nitrogens with one attached hydrogen (secondary N) is 1. The quantitative estimate of drug-likeness (QED) is 0.453. The topological polar surface area (TPSA) is 86.0 Å². The van der Waals surface area contributed by atoms with Crippen molar-refractivity contribution in [1.82, 2.24) is 29.5 Å². The standard InChI is InChI=1S/C23H28ClF3N6O2/c1-4-33(22(35)29-13-19(23(25,26)27)31(3)10-11-34)15(2)16-6-5-7-17(12-16)18-14-32-9-8-28-21(32)20(24)30-18/h5-9,12,14-15,19,34H,4,10-11,13H2,1-3H3,(H,29,35). The van der Waals surface area contributed by atoms with E-state index in [0.717, 1.165) is 16.0 Å². The van der Waals surface area contributed by atoms with Crippen LogP contribution in [-0.4, -0.2) is 80.8 Å². The lowest BCUT2D eigenvalue weighted by molar-refractivity contribution is -0.179. The van der Waals surface area contributed by atoms with E-state index >= 15 is 0 Å². The number of aliphatic hydroxyl groups excluding tert-OH is 1. The predicted octanol–water partition coefficient (Wildman–Crippen LogP) is 4.00. The molecule has 0 spiro atoms. The molecule has 1 aromatic carbocycles. The van der Waals surface area contributed by atoms with E-state index in [-0.39, 0.29) is 18.2 Å². The van der Waals surface area contributed by atoms with Crippen LogP contribution in [0.3, 0.4) is 0 Å². The van der Waals surface area contributed by atoms with Gasteiger partial charge in [-0.15, -0.1) is 0 Å². The van der Waals surface area contributed by atoms with Crippen molar-refractivity contribution < 1.29 is 23.1 Å². The molecule has 190 valence electrons. The van der Waals surface area contributed by atoms with Gasteiger partial charge in [-0.3, -0.25) is 4.90 Å². The molecular weight excluding hydrogens is 485 g/mol. The van der Waals surface area contributed by atoms with Gasteiger partial charge in [0.1, 0.15) is 6.04 Å². The fourth-order valence-electron chi connectivity index (χ4n) is 3.88. The molecule has 0 aliphatic rings. The van der Waals surface area contributed by atoms with Crippen molar-refractivity contribution in [2.75, 3.05) is 33.3 Å². The van der Waals surface area contributed by atoms with Crippen molar-refractivity contribution in [3.05, 3.63) is 53.6 Å². The Labute approximate surface area is 206 Å². The van der Waals surface area contributed by atoms with Gasteiger partial charge < -0.3 is 19.7 Å². The summed E-state index contributed by atoms with van der Waals surface area (Å²) in [5.41, 5.74) is 2.71. The Morgan fingerprint density at radius 1 is 1.34 bits per heavy atom. The molecule has 2 aromatic heterocycles. The monoisotopic (exact) mass is 512 g/mol. The fourth-order valence-corrected chi connectivity index (χ4v) is 4.12. The van der Waals surface area contributed by atoms with Crippen LogP contribution in [0, 0.1) is 0 Å². The lowest BCUT2D eigenvalue weighted by Gasteiger charge is -2.32. The third-order valence-electron chi connectivity index (χ3n) is 5.88. The Balaban J connectivity index is 1.77. The third kappa shape index (κ3) is 6.22. The molecule has 0 aliphatic heterocycles. The lowest BCUT2D eigenvalue weighted by Crippen LogP contribution is -2.53. The largest absolute Gasteiger partial charge is 0.405 e. The number of carbonyl (C=O) groups is 1. The first-order valence-electron chi connectivity index (χ1n) is 11.1. The maximum absolute atomic E-state index is 13.5. The first kappa shape index (κ1) is 26.7. The van der Waals surface area contributed by atoms with Crippen LogP contribution in [-0.2, 0) is 0 Å². The number of aliphatic hydroxyl groups is 1. The predicted molar refractivity (Wildman–Crippen MR) is 127 cm³/mol. The number of amides is 2. The summed E-state index contributed by atoms with van der Waals surface area (Å²) in [5, 5.41) is 11.7. The molecule has 35 heavy (non-hydrogen) atoms. The molecular formula is C23H28ClF3N6O2. The van der Waals surface area contributed by atoms with Crippen LogP contribution in [0.2, 0.25) is 5.15 Å². The molecule has 2 heterocycles. The average molecular weight is 513 g/mol. The Morgan fingerprint density at radius 2 is 2.09 bits per heavy atom. The fraction of sp³-hybridized carbons (Fsp3) is 0.435. The Kier molecular flexibility index (Phi) is 8.57. The number of benzene rings is 1. The van der Waals surface area contributed by atoms with Crippen LogP contribution < -0.4 is 5.32 Å². The van der Waals surface area contributed by atoms with Gasteiger partial charge in [-0.1, -0.05) is 29.8 Å². The molecule has 2 unspecified atom stereocenters. The average Bonchev–Trinajstić information content (AvgIpc) is 3.28. The van der Waals surface area contributed by atoms with Gasteiger partial charge in [-0.25, -0.2) is 14.8 Å². The minimum atomic E-state index is -4.56. The molecule has 0 bridgehead atoms. The van der Waals surface area contributed by atoms with E-state index in [1.54, 1.807) is 36.8 Å². The van der Waals surface area contributed by atoms with Gasteiger partial charge in [0.2, 0.25) is 0 Å². The molecule has 8 nitrogen and oxygen atoms in total. The van der Waals surface area contributed by atoms with E-state index in [1.165, 1.54) is 11.9 Å². The van der Waals surface area contributed by atoms with Crippen molar-refractivity contribution >= 4 is 23.3 Å². The normalized spacial score (nSPS) is 13.7. The zero-order chi connectivity index (χ0) is 25.8. The molecule has 12 heteroatoms. The van der Waals surface area contributed by atoms with Crippen molar-refractivity contribution in [3.8, 4) is 11.3 Å². The second kappa shape index (κ2) is 11.2. The lowest BCUT2D eigenvalue weighted by atomic mass is 10.0.